The zero-order valence-electron chi connectivity index (χ0n) is 7.06. The quantitative estimate of drug-likeness (QED) is 0.763. The Morgan fingerprint density at radius 3 is 2.92 bits per heavy atom. The van der Waals surface area contributed by atoms with Gasteiger partial charge in [0.25, 0.3) is 0 Å². The lowest BCUT2D eigenvalue weighted by Crippen LogP contribution is -2.40. The second-order valence-corrected chi connectivity index (χ2v) is 3.71. The number of carboxylic acids is 1. The predicted octanol–water partition coefficient (Wildman–Crippen LogP) is 0.963. The summed E-state index contributed by atoms with van der Waals surface area (Å²) in [5.41, 5.74) is -1.83. The zero-order valence-corrected chi connectivity index (χ0v) is 7.87. The molecule has 0 spiro atoms. The Balaban J connectivity index is 2.47. The van der Waals surface area contributed by atoms with Gasteiger partial charge in [-0.1, -0.05) is 0 Å². The molecule has 0 aliphatic carbocycles. The van der Waals surface area contributed by atoms with Crippen LogP contribution < -0.4 is 4.74 Å². The molecule has 2 N–H and O–H groups in total. The summed E-state index contributed by atoms with van der Waals surface area (Å²) in [5.74, 6) is -1.29. The largest absolute Gasteiger partial charge is 0.480 e. The monoisotopic (exact) mass is 202 g/mol. The molecule has 1 aromatic rings. The molecular weight excluding hydrogens is 192 g/mol. The minimum absolute atomic E-state index is 0.247. The van der Waals surface area contributed by atoms with Gasteiger partial charge < -0.3 is 14.9 Å². The third-order valence-corrected chi connectivity index (χ3v) is 2.23. The van der Waals surface area contributed by atoms with E-state index in [4.69, 9.17) is 9.84 Å². The Bertz CT molecular complexity index is 278. The molecule has 0 bridgehead atoms. The van der Waals surface area contributed by atoms with Crippen LogP contribution in [0.4, 0.5) is 0 Å². The van der Waals surface area contributed by atoms with Crippen LogP contribution in [0.2, 0.25) is 0 Å². The van der Waals surface area contributed by atoms with Crippen molar-refractivity contribution in [2.75, 3.05) is 6.61 Å². The van der Waals surface area contributed by atoms with Crippen molar-refractivity contribution in [3.8, 4) is 5.06 Å². The molecule has 1 rings (SSSR count). The van der Waals surface area contributed by atoms with Crippen LogP contribution in [0.1, 0.15) is 6.92 Å². The summed E-state index contributed by atoms with van der Waals surface area (Å²) < 4.78 is 5.06. The van der Waals surface area contributed by atoms with Gasteiger partial charge in [-0.25, -0.2) is 4.79 Å². The van der Waals surface area contributed by atoms with Crippen molar-refractivity contribution in [3.05, 3.63) is 17.5 Å². The van der Waals surface area contributed by atoms with E-state index >= 15 is 0 Å². The van der Waals surface area contributed by atoms with Gasteiger partial charge in [-0.2, -0.15) is 0 Å². The SMILES string of the molecule is CC(O)(COc1cccs1)C(=O)O. The zero-order chi connectivity index (χ0) is 9.90. The van der Waals surface area contributed by atoms with Crippen molar-refractivity contribution >= 4 is 17.3 Å². The lowest BCUT2D eigenvalue weighted by atomic mass is 10.1. The maximum atomic E-state index is 10.5. The average molecular weight is 202 g/mol. The molecule has 0 radical (unpaired) electrons. The highest BCUT2D eigenvalue weighted by molar-refractivity contribution is 7.11. The second kappa shape index (κ2) is 3.76. The first kappa shape index (κ1) is 10.0. The van der Waals surface area contributed by atoms with Crippen molar-refractivity contribution in [2.45, 2.75) is 12.5 Å². The fourth-order valence-corrected chi connectivity index (χ4v) is 1.19. The summed E-state index contributed by atoms with van der Waals surface area (Å²) >= 11 is 1.35. The van der Waals surface area contributed by atoms with E-state index in [1.165, 1.54) is 18.3 Å². The van der Waals surface area contributed by atoms with Crippen molar-refractivity contribution in [3.63, 3.8) is 0 Å². The number of hydrogen-bond acceptors (Lipinski definition) is 4. The second-order valence-electron chi connectivity index (χ2n) is 2.80. The molecule has 4 nitrogen and oxygen atoms in total. The fourth-order valence-electron chi connectivity index (χ4n) is 0.619. The van der Waals surface area contributed by atoms with Crippen molar-refractivity contribution in [1.82, 2.24) is 0 Å². The van der Waals surface area contributed by atoms with Crippen LogP contribution in [0.3, 0.4) is 0 Å². The summed E-state index contributed by atoms with van der Waals surface area (Å²) in [7, 11) is 0. The number of carboxylic acid groups (broad SMARTS) is 1. The Kier molecular flexibility index (Phi) is 2.90. The normalized spacial score (nSPS) is 14.9. The molecule has 1 unspecified atom stereocenters. The minimum Gasteiger partial charge on any atom is -0.480 e. The molecular formula is C8H10O4S. The van der Waals surface area contributed by atoms with Crippen LogP contribution in [0.25, 0.3) is 0 Å². The maximum absolute atomic E-state index is 10.5. The predicted molar refractivity (Wildman–Crippen MR) is 48.1 cm³/mol. The highest BCUT2D eigenvalue weighted by Crippen LogP contribution is 2.19. The number of hydrogen-bond donors (Lipinski definition) is 2. The summed E-state index contributed by atoms with van der Waals surface area (Å²) in [4.78, 5) is 10.5. The Morgan fingerprint density at radius 1 is 1.77 bits per heavy atom. The summed E-state index contributed by atoms with van der Waals surface area (Å²) in [6.45, 7) is 0.950. The lowest BCUT2D eigenvalue weighted by molar-refractivity contribution is -0.159. The van der Waals surface area contributed by atoms with Gasteiger partial charge in [-0.3, -0.25) is 0 Å². The van der Waals surface area contributed by atoms with E-state index in [2.05, 4.69) is 0 Å². The van der Waals surface area contributed by atoms with Crippen molar-refractivity contribution in [1.29, 1.82) is 0 Å². The number of carbonyl (C=O) groups is 1. The molecule has 0 fully saturated rings. The number of rotatable bonds is 4. The van der Waals surface area contributed by atoms with E-state index in [0.29, 0.717) is 5.06 Å². The van der Waals surface area contributed by atoms with Crippen molar-refractivity contribution in [2.24, 2.45) is 0 Å². The molecule has 0 saturated heterocycles. The molecule has 72 valence electrons. The van der Waals surface area contributed by atoms with E-state index in [0.717, 1.165) is 0 Å². The molecule has 0 aliphatic heterocycles. The molecule has 0 aromatic carbocycles. The van der Waals surface area contributed by atoms with Gasteiger partial charge in [0, 0.05) is 0 Å². The average Bonchev–Trinajstić information content (AvgIpc) is 2.52. The number of aliphatic carboxylic acids is 1. The smallest absolute Gasteiger partial charge is 0.339 e. The Morgan fingerprint density at radius 2 is 2.46 bits per heavy atom. The maximum Gasteiger partial charge on any atom is 0.339 e. The first-order valence-electron chi connectivity index (χ1n) is 3.64. The van der Waals surface area contributed by atoms with Gasteiger partial charge in [0.1, 0.15) is 6.61 Å². The standard InChI is InChI=1S/C8H10O4S/c1-8(11,7(9)10)5-12-6-3-2-4-13-6/h2-4,11H,5H2,1H3,(H,9,10). The van der Waals surface area contributed by atoms with Crippen LogP contribution in [0, 0.1) is 0 Å². The van der Waals surface area contributed by atoms with Crippen LogP contribution >= 0.6 is 11.3 Å². The van der Waals surface area contributed by atoms with Gasteiger partial charge in [-0.15, -0.1) is 11.3 Å². The van der Waals surface area contributed by atoms with Crippen LogP contribution in [0.15, 0.2) is 17.5 Å². The van der Waals surface area contributed by atoms with Gasteiger partial charge in [0.2, 0.25) is 0 Å². The van der Waals surface area contributed by atoms with E-state index < -0.39 is 11.6 Å². The fraction of sp³-hybridized carbons (Fsp3) is 0.375. The Labute approximate surface area is 79.4 Å². The van der Waals surface area contributed by atoms with Crippen LogP contribution in [-0.4, -0.2) is 28.4 Å². The molecule has 1 heterocycles. The highest BCUT2D eigenvalue weighted by atomic mass is 32.1. The first-order chi connectivity index (χ1) is 6.02. The van der Waals surface area contributed by atoms with Crippen molar-refractivity contribution < 1.29 is 19.7 Å². The molecule has 1 atom stereocenters. The molecule has 13 heavy (non-hydrogen) atoms. The number of ether oxygens (including phenoxy) is 1. The van der Waals surface area contributed by atoms with Crippen LogP contribution in [-0.2, 0) is 4.79 Å². The summed E-state index contributed by atoms with van der Waals surface area (Å²) in [6.07, 6.45) is 0. The van der Waals surface area contributed by atoms with E-state index in [1.54, 1.807) is 12.1 Å². The first-order valence-corrected chi connectivity index (χ1v) is 4.52. The summed E-state index contributed by atoms with van der Waals surface area (Å²) in [6, 6.07) is 3.50. The lowest BCUT2D eigenvalue weighted by Gasteiger charge is -2.17. The third kappa shape index (κ3) is 2.71. The number of aliphatic hydroxyl groups is 1. The minimum atomic E-state index is -1.83. The van der Waals surface area contributed by atoms with E-state index in [1.807, 2.05) is 5.38 Å². The van der Waals surface area contributed by atoms with E-state index in [-0.39, 0.29) is 6.61 Å². The Hall–Kier alpha value is -1.07. The van der Waals surface area contributed by atoms with E-state index in [9.17, 15) is 9.90 Å². The third-order valence-electron chi connectivity index (χ3n) is 1.45. The molecule has 0 amide bonds. The van der Waals surface area contributed by atoms with Gasteiger partial charge in [0.05, 0.1) is 0 Å². The van der Waals surface area contributed by atoms with Gasteiger partial charge >= 0.3 is 5.97 Å². The molecule has 0 aliphatic rings. The summed E-state index contributed by atoms with van der Waals surface area (Å²) in [5, 5.41) is 20.2. The van der Waals surface area contributed by atoms with Crippen LogP contribution in [0.5, 0.6) is 5.06 Å². The number of thiophene rings is 1. The van der Waals surface area contributed by atoms with Gasteiger partial charge in [0.15, 0.2) is 10.7 Å². The van der Waals surface area contributed by atoms with Gasteiger partial charge in [-0.05, 0) is 24.4 Å². The highest BCUT2D eigenvalue weighted by Gasteiger charge is 2.30. The topological polar surface area (TPSA) is 66.8 Å². The molecule has 5 heteroatoms. The molecule has 0 saturated carbocycles. The molecule has 1 aromatic heterocycles.